The van der Waals surface area contributed by atoms with Crippen molar-refractivity contribution in [1.29, 1.82) is 0 Å². The second-order valence-corrected chi connectivity index (χ2v) is 4.62. The number of hydrogen-bond donors (Lipinski definition) is 2. The van der Waals surface area contributed by atoms with Crippen LogP contribution in [0.1, 0.15) is 25.7 Å². The van der Waals surface area contributed by atoms with Crippen molar-refractivity contribution in [2.24, 2.45) is 11.7 Å². The Labute approximate surface area is 95.3 Å². The lowest BCUT2D eigenvalue weighted by molar-refractivity contribution is -0.141. The molecule has 3 N–H and O–H groups in total. The number of nitrogens with one attached hydrogen (secondary N) is 1. The highest BCUT2D eigenvalue weighted by Crippen LogP contribution is 2.23. The summed E-state index contributed by atoms with van der Waals surface area (Å²) in [5.74, 6) is -0.149. The van der Waals surface area contributed by atoms with Crippen molar-refractivity contribution in [3.05, 3.63) is 0 Å². The fourth-order valence-corrected chi connectivity index (χ4v) is 2.63. The topological polar surface area (TPSA) is 75.4 Å². The minimum absolute atomic E-state index is 0.0844. The second-order valence-electron chi connectivity index (χ2n) is 4.62. The molecule has 2 amide bonds. The van der Waals surface area contributed by atoms with Gasteiger partial charge in [0.1, 0.15) is 6.04 Å². The Morgan fingerprint density at radius 1 is 1.19 bits per heavy atom. The number of carbonyl (C=O) groups is 2. The molecule has 0 aliphatic carbocycles. The molecule has 90 valence electrons. The Hall–Kier alpha value is -1.10. The summed E-state index contributed by atoms with van der Waals surface area (Å²) >= 11 is 0. The number of carbonyl (C=O) groups excluding carboxylic acids is 2. The van der Waals surface area contributed by atoms with E-state index in [1.54, 1.807) is 4.90 Å². The highest BCUT2D eigenvalue weighted by molar-refractivity contribution is 5.88. The van der Waals surface area contributed by atoms with Gasteiger partial charge in [-0.15, -0.1) is 0 Å². The molecule has 0 bridgehead atoms. The number of piperidine rings is 1. The fraction of sp³-hybridized carbons (Fsp3) is 0.818. The Morgan fingerprint density at radius 2 is 1.88 bits per heavy atom. The van der Waals surface area contributed by atoms with Gasteiger partial charge in [0, 0.05) is 12.5 Å². The average Bonchev–Trinajstić information content (AvgIpc) is 2.78. The van der Waals surface area contributed by atoms with Gasteiger partial charge in [-0.05, 0) is 38.8 Å². The monoisotopic (exact) mass is 225 g/mol. The molecule has 0 aromatic heterocycles. The van der Waals surface area contributed by atoms with E-state index >= 15 is 0 Å². The van der Waals surface area contributed by atoms with Crippen LogP contribution in [0.4, 0.5) is 0 Å². The first-order valence-corrected chi connectivity index (χ1v) is 6.00. The molecule has 1 atom stereocenters. The van der Waals surface area contributed by atoms with Gasteiger partial charge in [0.15, 0.2) is 0 Å². The zero-order chi connectivity index (χ0) is 11.5. The molecular weight excluding hydrogens is 206 g/mol. The van der Waals surface area contributed by atoms with Gasteiger partial charge in [0.2, 0.25) is 11.8 Å². The molecule has 0 saturated carbocycles. The molecule has 2 aliphatic rings. The molecule has 0 unspecified atom stereocenters. The first-order chi connectivity index (χ1) is 7.70. The van der Waals surface area contributed by atoms with E-state index in [9.17, 15) is 9.59 Å². The maximum Gasteiger partial charge on any atom is 0.240 e. The third kappa shape index (κ3) is 2.19. The van der Waals surface area contributed by atoms with Gasteiger partial charge in [-0.1, -0.05) is 0 Å². The second kappa shape index (κ2) is 4.82. The van der Waals surface area contributed by atoms with Gasteiger partial charge < -0.3 is 16.0 Å². The van der Waals surface area contributed by atoms with Gasteiger partial charge in [-0.3, -0.25) is 9.59 Å². The molecule has 0 aromatic carbocycles. The van der Waals surface area contributed by atoms with E-state index in [1.807, 2.05) is 0 Å². The van der Waals surface area contributed by atoms with Crippen LogP contribution in [0, 0.1) is 5.92 Å². The lowest BCUT2D eigenvalue weighted by Crippen LogP contribution is -2.47. The molecule has 5 nitrogen and oxygen atoms in total. The number of hydrogen-bond acceptors (Lipinski definition) is 3. The van der Waals surface area contributed by atoms with E-state index in [1.165, 1.54) is 0 Å². The van der Waals surface area contributed by atoms with Gasteiger partial charge in [-0.2, -0.15) is 0 Å². The van der Waals surface area contributed by atoms with Crippen molar-refractivity contribution in [1.82, 2.24) is 10.2 Å². The zero-order valence-electron chi connectivity index (χ0n) is 9.45. The van der Waals surface area contributed by atoms with E-state index in [4.69, 9.17) is 5.73 Å². The Balaban J connectivity index is 1.99. The highest BCUT2D eigenvalue weighted by atomic mass is 16.2. The first kappa shape index (κ1) is 11.4. The molecule has 5 heteroatoms. The molecule has 0 spiro atoms. The SMILES string of the molecule is NC(=O)[C@H]1CCCN1C(=O)C1CCNCC1. The van der Waals surface area contributed by atoms with Gasteiger partial charge in [0.25, 0.3) is 0 Å². The van der Waals surface area contributed by atoms with Crippen LogP contribution in [-0.2, 0) is 9.59 Å². The molecular formula is C11H19N3O2. The smallest absolute Gasteiger partial charge is 0.240 e. The lowest BCUT2D eigenvalue weighted by atomic mass is 9.96. The number of nitrogens with zero attached hydrogens (tertiary/aromatic N) is 1. The standard InChI is InChI=1S/C11H19N3O2/c12-10(15)9-2-1-7-14(9)11(16)8-3-5-13-6-4-8/h8-9,13H,1-7H2,(H2,12,15)/t9-/m1/s1. The van der Waals surface area contributed by atoms with E-state index < -0.39 is 0 Å². The molecule has 2 aliphatic heterocycles. The summed E-state index contributed by atoms with van der Waals surface area (Å²) in [6, 6.07) is -0.359. The van der Waals surface area contributed by atoms with Crippen LogP contribution < -0.4 is 11.1 Å². The van der Waals surface area contributed by atoms with Crippen LogP contribution in [0.3, 0.4) is 0 Å². The Kier molecular flexibility index (Phi) is 3.43. The summed E-state index contributed by atoms with van der Waals surface area (Å²) in [6.45, 7) is 2.48. The average molecular weight is 225 g/mol. The van der Waals surface area contributed by atoms with Crippen molar-refractivity contribution in [3.63, 3.8) is 0 Å². The Morgan fingerprint density at radius 3 is 2.50 bits per heavy atom. The third-order valence-corrected chi connectivity index (χ3v) is 3.55. The summed E-state index contributed by atoms with van der Waals surface area (Å²) in [5, 5.41) is 3.23. The number of rotatable bonds is 2. The summed E-state index contributed by atoms with van der Waals surface area (Å²) in [6.07, 6.45) is 3.37. The van der Waals surface area contributed by atoms with Crippen LogP contribution in [-0.4, -0.2) is 42.4 Å². The number of nitrogens with two attached hydrogens (primary N) is 1. The maximum atomic E-state index is 12.2. The molecule has 0 aromatic rings. The van der Waals surface area contributed by atoms with Gasteiger partial charge >= 0.3 is 0 Å². The van der Waals surface area contributed by atoms with Crippen LogP contribution in [0.2, 0.25) is 0 Å². The minimum Gasteiger partial charge on any atom is -0.368 e. The summed E-state index contributed by atoms with van der Waals surface area (Å²) in [5.41, 5.74) is 5.31. The van der Waals surface area contributed by atoms with Crippen molar-refractivity contribution >= 4 is 11.8 Å². The molecule has 2 heterocycles. The molecule has 0 radical (unpaired) electrons. The molecule has 2 fully saturated rings. The van der Waals surface area contributed by atoms with Gasteiger partial charge in [-0.25, -0.2) is 0 Å². The number of amides is 2. The number of primary amides is 1. The normalized spacial score (nSPS) is 27.0. The Bertz CT molecular complexity index is 287. The summed E-state index contributed by atoms with van der Waals surface area (Å²) in [4.78, 5) is 25.1. The van der Waals surface area contributed by atoms with E-state index in [0.717, 1.165) is 38.8 Å². The van der Waals surface area contributed by atoms with E-state index in [-0.39, 0.29) is 23.8 Å². The summed E-state index contributed by atoms with van der Waals surface area (Å²) < 4.78 is 0. The highest BCUT2D eigenvalue weighted by Gasteiger charge is 2.36. The van der Waals surface area contributed by atoms with E-state index in [0.29, 0.717) is 6.54 Å². The fourth-order valence-electron chi connectivity index (χ4n) is 2.63. The van der Waals surface area contributed by atoms with Crippen molar-refractivity contribution in [2.45, 2.75) is 31.7 Å². The maximum absolute atomic E-state index is 12.2. The predicted octanol–water partition coefficient (Wildman–Crippen LogP) is -0.538. The lowest BCUT2D eigenvalue weighted by Gasteiger charge is -2.29. The van der Waals surface area contributed by atoms with Crippen LogP contribution >= 0.6 is 0 Å². The van der Waals surface area contributed by atoms with Crippen LogP contribution in [0.15, 0.2) is 0 Å². The minimum atomic E-state index is -0.361. The van der Waals surface area contributed by atoms with Crippen molar-refractivity contribution in [2.75, 3.05) is 19.6 Å². The van der Waals surface area contributed by atoms with Crippen molar-refractivity contribution in [3.8, 4) is 0 Å². The quantitative estimate of drug-likeness (QED) is 0.663. The molecule has 2 saturated heterocycles. The third-order valence-electron chi connectivity index (χ3n) is 3.55. The largest absolute Gasteiger partial charge is 0.368 e. The van der Waals surface area contributed by atoms with Crippen molar-refractivity contribution < 1.29 is 9.59 Å². The predicted molar refractivity (Wildman–Crippen MR) is 59.5 cm³/mol. The van der Waals surface area contributed by atoms with E-state index in [2.05, 4.69) is 5.32 Å². The first-order valence-electron chi connectivity index (χ1n) is 6.00. The van der Waals surface area contributed by atoms with Crippen LogP contribution in [0.25, 0.3) is 0 Å². The molecule has 16 heavy (non-hydrogen) atoms. The number of likely N-dealkylation sites (tertiary alicyclic amines) is 1. The zero-order valence-corrected chi connectivity index (χ0v) is 9.45. The van der Waals surface area contributed by atoms with Crippen LogP contribution in [0.5, 0.6) is 0 Å². The van der Waals surface area contributed by atoms with Gasteiger partial charge in [0.05, 0.1) is 0 Å². The molecule has 2 rings (SSSR count). The summed E-state index contributed by atoms with van der Waals surface area (Å²) in [7, 11) is 0.